The average Bonchev–Trinajstić information content (AvgIpc) is 3.31. The van der Waals surface area contributed by atoms with Crippen LogP contribution in [0.15, 0.2) is 67.0 Å². The third-order valence-corrected chi connectivity index (χ3v) is 4.68. The lowest BCUT2D eigenvalue weighted by molar-refractivity contribution is 0.113. The first-order valence-electron chi connectivity index (χ1n) is 8.53. The fourth-order valence-corrected chi connectivity index (χ4v) is 3.42. The van der Waals surface area contributed by atoms with Crippen LogP contribution in [0.4, 0.5) is 5.69 Å². The molecule has 1 aliphatic heterocycles. The second-order valence-electron chi connectivity index (χ2n) is 6.23. The highest BCUT2D eigenvalue weighted by Crippen LogP contribution is 2.37. The summed E-state index contributed by atoms with van der Waals surface area (Å²) in [6.45, 7) is 3.68. The maximum Gasteiger partial charge on any atom is 0.158 e. The van der Waals surface area contributed by atoms with E-state index >= 15 is 0 Å². The molecular weight excluding hydrogens is 312 g/mol. The van der Waals surface area contributed by atoms with Gasteiger partial charge in [0, 0.05) is 30.2 Å². The first-order valence-corrected chi connectivity index (χ1v) is 8.53. The topological polar surface area (TPSA) is 26.6 Å². The average molecular weight is 334 g/mol. The van der Waals surface area contributed by atoms with Crippen LogP contribution in [0, 0.1) is 6.92 Å². The number of rotatable bonds is 4. The van der Waals surface area contributed by atoms with Crippen molar-refractivity contribution in [3.63, 3.8) is 0 Å². The van der Waals surface area contributed by atoms with Gasteiger partial charge in [0.05, 0.1) is 19.4 Å². The third kappa shape index (κ3) is 2.89. The smallest absolute Gasteiger partial charge is 0.158 e. The Kier molecular flexibility index (Phi) is 4.20. The molecule has 1 saturated heterocycles. The Balaban J connectivity index is 1.67. The second-order valence-corrected chi connectivity index (χ2v) is 6.23. The van der Waals surface area contributed by atoms with Gasteiger partial charge in [0.2, 0.25) is 0 Å². The molecule has 4 nitrogen and oxygen atoms in total. The number of para-hydroxylation sites is 3. The summed E-state index contributed by atoms with van der Waals surface area (Å²) in [7, 11) is 1.71. The molecule has 4 heteroatoms. The van der Waals surface area contributed by atoms with Gasteiger partial charge in [-0.2, -0.15) is 0 Å². The zero-order valence-corrected chi connectivity index (χ0v) is 14.6. The number of hydrogen-bond acceptors (Lipinski definition) is 3. The van der Waals surface area contributed by atoms with E-state index in [1.165, 1.54) is 11.3 Å². The Morgan fingerprint density at radius 3 is 2.56 bits per heavy atom. The molecule has 0 bridgehead atoms. The molecule has 0 radical (unpaired) electrons. The molecule has 0 N–H and O–H groups in total. The van der Waals surface area contributed by atoms with E-state index in [4.69, 9.17) is 9.47 Å². The van der Waals surface area contributed by atoms with Crippen LogP contribution in [0.2, 0.25) is 0 Å². The molecule has 128 valence electrons. The van der Waals surface area contributed by atoms with Crippen LogP contribution >= 0.6 is 0 Å². The zero-order valence-electron chi connectivity index (χ0n) is 14.6. The standard InChI is InChI=1S/C21H22N2O2/c1-16-7-3-4-8-18(16)22-12-11-17(15-22)21-23(13-14-25-21)19-9-5-6-10-20(19)24-2/h3-12,15,21H,13-14H2,1-2H3/t21-/m0/s1. The summed E-state index contributed by atoms with van der Waals surface area (Å²) >= 11 is 0. The van der Waals surface area contributed by atoms with Gasteiger partial charge in [0.25, 0.3) is 0 Å². The van der Waals surface area contributed by atoms with Gasteiger partial charge in [-0.05, 0) is 36.8 Å². The molecule has 0 aliphatic carbocycles. The van der Waals surface area contributed by atoms with Gasteiger partial charge in [-0.25, -0.2) is 0 Å². The number of hydrogen-bond donors (Lipinski definition) is 0. The molecule has 25 heavy (non-hydrogen) atoms. The molecule has 2 heterocycles. The summed E-state index contributed by atoms with van der Waals surface area (Å²) < 4.78 is 13.7. The number of anilines is 1. The van der Waals surface area contributed by atoms with E-state index in [1.54, 1.807) is 7.11 Å². The fraction of sp³-hybridized carbons (Fsp3) is 0.238. The van der Waals surface area contributed by atoms with Crippen LogP contribution in [-0.2, 0) is 4.74 Å². The minimum Gasteiger partial charge on any atom is -0.495 e. The number of benzene rings is 2. The van der Waals surface area contributed by atoms with Crippen LogP contribution < -0.4 is 9.64 Å². The lowest BCUT2D eigenvalue weighted by Gasteiger charge is -2.26. The molecule has 4 rings (SSSR count). The third-order valence-electron chi connectivity index (χ3n) is 4.68. The predicted molar refractivity (Wildman–Crippen MR) is 99.5 cm³/mol. The maximum absolute atomic E-state index is 6.04. The van der Waals surface area contributed by atoms with E-state index in [0.29, 0.717) is 6.61 Å². The van der Waals surface area contributed by atoms with Crippen molar-refractivity contribution in [2.45, 2.75) is 13.2 Å². The molecule has 2 aromatic carbocycles. The van der Waals surface area contributed by atoms with Gasteiger partial charge in [0.15, 0.2) is 6.23 Å². The highest BCUT2D eigenvalue weighted by atomic mass is 16.5. The van der Waals surface area contributed by atoms with Crippen LogP contribution in [0.5, 0.6) is 5.75 Å². The van der Waals surface area contributed by atoms with Crippen LogP contribution in [0.25, 0.3) is 5.69 Å². The first-order chi connectivity index (χ1) is 12.3. The van der Waals surface area contributed by atoms with E-state index in [2.05, 4.69) is 65.2 Å². The SMILES string of the molecule is COc1ccccc1N1CCO[C@H]1c1ccn(-c2ccccc2C)c1. The Bertz CT molecular complexity index is 872. The number of methoxy groups -OCH3 is 1. The predicted octanol–water partition coefficient (Wildman–Crippen LogP) is 4.33. The molecular formula is C21H22N2O2. The van der Waals surface area contributed by atoms with Crippen molar-refractivity contribution in [1.82, 2.24) is 4.57 Å². The minimum atomic E-state index is -0.0958. The van der Waals surface area contributed by atoms with Crippen LogP contribution in [0.1, 0.15) is 17.4 Å². The molecule has 1 fully saturated rings. The molecule has 1 aliphatic rings. The summed E-state index contributed by atoms with van der Waals surface area (Å²) in [6, 6.07) is 18.6. The van der Waals surface area contributed by atoms with Crippen molar-refractivity contribution in [3.05, 3.63) is 78.1 Å². The van der Waals surface area contributed by atoms with Crippen molar-refractivity contribution in [3.8, 4) is 11.4 Å². The Labute approximate surface area is 148 Å². The summed E-state index contributed by atoms with van der Waals surface area (Å²) in [6.07, 6.45) is 4.15. The molecule has 0 amide bonds. The summed E-state index contributed by atoms with van der Waals surface area (Å²) in [4.78, 5) is 2.26. The molecule has 0 spiro atoms. The van der Waals surface area contributed by atoms with Gasteiger partial charge < -0.3 is 18.9 Å². The van der Waals surface area contributed by atoms with Gasteiger partial charge in [0.1, 0.15) is 5.75 Å². The minimum absolute atomic E-state index is 0.0958. The number of aryl methyl sites for hydroxylation is 1. The van der Waals surface area contributed by atoms with Crippen LogP contribution in [0.3, 0.4) is 0 Å². The van der Waals surface area contributed by atoms with E-state index in [-0.39, 0.29) is 6.23 Å². The molecule has 1 atom stereocenters. The normalized spacial score (nSPS) is 17.0. The Morgan fingerprint density at radius 1 is 1.00 bits per heavy atom. The van der Waals surface area contributed by atoms with E-state index in [9.17, 15) is 0 Å². The van der Waals surface area contributed by atoms with Crippen molar-refractivity contribution < 1.29 is 9.47 Å². The lowest BCUT2D eigenvalue weighted by Crippen LogP contribution is -2.23. The Hall–Kier alpha value is -2.72. The summed E-state index contributed by atoms with van der Waals surface area (Å²) in [5.41, 5.74) is 4.65. The molecule has 1 aromatic heterocycles. The van der Waals surface area contributed by atoms with Crippen molar-refractivity contribution >= 4 is 5.69 Å². The molecule has 0 saturated carbocycles. The number of aromatic nitrogens is 1. The number of ether oxygens (including phenoxy) is 2. The monoisotopic (exact) mass is 334 g/mol. The van der Waals surface area contributed by atoms with Gasteiger partial charge >= 0.3 is 0 Å². The van der Waals surface area contributed by atoms with Crippen LogP contribution in [-0.4, -0.2) is 24.8 Å². The Morgan fingerprint density at radius 2 is 1.76 bits per heavy atom. The zero-order chi connectivity index (χ0) is 17.2. The lowest BCUT2D eigenvalue weighted by atomic mass is 10.2. The van der Waals surface area contributed by atoms with E-state index < -0.39 is 0 Å². The van der Waals surface area contributed by atoms with Gasteiger partial charge in [-0.1, -0.05) is 30.3 Å². The van der Waals surface area contributed by atoms with Crippen molar-refractivity contribution in [2.75, 3.05) is 25.2 Å². The molecule has 3 aromatic rings. The van der Waals surface area contributed by atoms with Gasteiger partial charge in [-0.15, -0.1) is 0 Å². The first kappa shape index (κ1) is 15.8. The largest absolute Gasteiger partial charge is 0.495 e. The second kappa shape index (κ2) is 6.65. The summed E-state index contributed by atoms with van der Waals surface area (Å²) in [5, 5.41) is 0. The number of nitrogens with zero attached hydrogens (tertiary/aromatic N) is 2. The van der Waals surface area contributed by atoms with Crippen molar-refractivity contribution in [1.29, 1.82) is 0 Å². The highest BCUT2D eigenvalue weighted by molar-refractivity contribution is 5.60. The highest BCUT2D eigenvalue weighted by Gasteiger charge is 2.29. The fourth-order valence-electron chi connectivity index (χ4n) is 3.42. The van der Waals surface area contributed by atoms with Gasteiger partial charge in [-0.3, -0.25) is 0 Å². The summed E-state index contributed by atoms with van der Waals surface area (Å²) in [5.74, 6) is 0.872. The molecule has 0 unspecified atom stereocenters. The maximum atomic E-state index is 6.04. The van der Waals surface area contributed by atoms with Crippen molar-refractivity contribution in [2.24, 2.45) is 0 Å². The van der Waals surface area contributed by atoms with E-state index in [0.717, 1.165) is 23.5 Å². The van der Waals surface area contributed by atoms with E-state index in [1.807, 2.05) is 18.2 Å². The quantitative estimate of drug-likeness (QED) is 0.710.